The molecule has 0 aliphatic heterocycles. The fourth-order valence-corrected chi connectivity index (χ4v) is 1.57. The van der Waals surface area contributed by atoms with Gasteiger partial charge >= 0.3 is 5.97 Å². The third-order valence-electron chi connectivity index (χ3n) is 3.64. The minimum Gasteiger partial charge on any atom is -0.483 e. The summed E-state index contributed by atoms with van der Waals surface area (Å²) in [5, 5.41) is 9.09. The number of likely N-dealkylation sites (N-methyl/N-ethyl adjacent to an activating group) is 1. The largest absolute Gasteiger partial charge is 0.483 e. The summed E-state index contributed by atoms with van der Waals surface area (Å²) in [7, 11) is 1.46. The molecule has 110 valence electrons. The first-order valence-electron chi connectivity index (χ1n) is 6.37. The molecule has 0 aliphatic rings. The van der Waals surface area contributed by atoms with Gasteiger partial charge in [-0.05, 0) is 44.9 Å². The van der Waals surface area contributed by atoms with Gasteiger partial charge in [0.15, 0.2) is 6.61 Å². The molecule has 0 bridgehead atoms. The number of aliphatic carboxylic acids is 1. The molecule has 0 aromatic heterocycles. The van der Waals surface area contributed by atoms with Crippen molar-refractivity contribution in [3.8, 4) is 5.75 Å². The molecule has 1 N–H and O–H groups in total. The van der Waals surface area contributed by atoms with Crippen LogP contribution in [0.25, 0.3) is 0 Å². The highest BCUT2D eigenvalue weighted by Crippen LogP contribution is 2.21. The van der Waals surface area contributed by atoms with Crippen molar-refractivity contribution < 1.29 is 19.4 Å². The first kappa shape index (κ1) is 16.0. The van der Waals surface area contributed by atoms with Crippen molar-refractivity contribution in [1.82, 2.24) is 4.90 Å². The predicted octanol–water partition coefficient (Wildman–Crippen LogP) is 2.00. The van der Waals surface area contributed by atoms with E-state index in [1.54, 1.807) is 6.07 Å². The monoisotopic (exact) mass is 279 g/mol. The van der Waals surface area contributed by atoms with E-state index in [1.807, 2.05) is 26.0 Å². The molecule has 1 aromatic carbocycles. The summed E-state index contributed by atoms with van der Waals surface area (Å²) < 4.78 is 5.49. The molecule has 0 radical (unpaired) electrons. The van der Waals surface area contributed by atoms with Gasteiger partial charge in [-0.15, -0.1) is 0 Å². The molecule has 0 fully saturated rings. The molecular formula is C15H21NO4. The summed E-state index contributed by atoms with van der Waals surface area (Å²) in [6.07, 6.45) is 0. The van der Waals surface area contributed by atoms with Crippen molar-refractivity contribution >= 4 is 11.9 Å². The highest BCUT2D eigenvalue weighted by Gasteiger charge is 2.35. The number of carbonyl (C=O) groups excluding carboxylic acids is 1. The maximum Gasteiger partial charge on any atom is 0.329 e. The van der Waals surface area contributed by atoms with E-state index < -0.39 is 11.5 Å². The second kappa shape index (κ2) is 5.94. The van der Waals surface area contributed by atoms with Crippen LogP contribution in [0.2, 0.25) is 0 Å². The summed E-state index contributed by atoms with van der Waals surface area (Å²) in [6, 6.07) is 5.61. The van der Waals surface area contributed by atoms with E-state index in [2.05, 4.69) is 0 Å². The lowest BCUT2D eigenvalue weighted by atomic mass is 10.0. The number of ether oxygens (including phenoxy) is 1. The zero-order valence-corrected chi connectivity index (χ0v) is 12.6. The average Bonchev–Trinajstić information content (AvgIpc) is 2.39. The minimum absolute atomic E-state index is 0.183. The fourth-order valence-electron chi connectivity index (χ4n) is 1.57. The SMILES string of the molecule is Cc1cccc(OCC(=O)N(C)C(C)(C)C(=O)O)c1C. The number of nitrogens with zero attached hydrogens (tertiary/aromatic N) is 1. The van der Waals surface area contributed by atoms with Crippen molar-refractivity contribution in [1.29, 1.82) is 0 Å². The number of benzene rings is 1. The maximum atomic E-state index is 12.0. The van der Waals surface area contributed by atoms with Crippen molar-refractivity contribution in [3.05, 3.63) is 29.3 Å². The van der Waals surface area contributed by atoms with Crippen LogP contribution in [0.3, 0.4) is 0 Å². The highest BCUT2D eigenvalue weighted by molar-refractivity contribution is 5.86. The molecule has 0 atom stereocenters. The Morgan fingerprint density at radius 3 is 2.45 bits per heavy atom. The quantitative estimate of drug-likeness (QED) is 0.895. The van der Waals surface area contributed by atoms with Crippen molar-refractivity contribution in [2.24, 2.45) is 0 Å². The van der Waals surface area contributed by atoms with Crippen molar-refractivity contribution in [3.63, 3.8) is 0 Å². The Morgan fingerprint density at radius 2 is 1.90 bits per heavy atom. The molecule has 20 heavy (non-hydrogen) atoms. The van der Waals surface area contributed by atoms with E-state index >= 15 is 0 Å². The zero-order chi connectivity index (χ0) is 15.5. The normalized spacial score (nSPS) is 11.1. The minimum atomic E-state index is -1.26. The van der Waals surface area contributed by atoms with Crippen LogP contribution in [0.5, 0.6) is 5.75 Å². The Balaban J connectivity index is 2.73. The van der Waals surface area contributed by atoms with Crippen LogP contribution >= 0.6 is 0 Å². The lowest BCUT2D eigenvalue weighted by Crippen LogP contribution is -2.52. The number of hydrogen-bond donors (Lipinski definition) is 1. The predicted molar refractivity (Wildman–Crippen MR) is 75.9 cm³/mol. The Morgan fingerprint density at radius 1 is 1.30 bits per heavy atom. The van der Waals surface area contributed by atoms with E-state index in [0.29, 0.717) is 5.75 Å². The summed E-state index contributed by atoms with van der Waals surface area (Å²) in [5.41, 5.74) is 0.789. The molecular weight excluding hydrogens is 258 g/mol. The Labute approximate surface area is 119 Å². The van der Waals surface area contributed by atoms with Crippen LogP contribution in [-0.2, 0) is 9.59 Å². The van der Waals surface area contributed by atoms with E-state index in [0.717, 1.165) is 11.1 Å². The average molecular weight is 279 g/mol. The third kappa shape index (κ3) is 3.29. The topological polar surface area (TPSA) is 66.8 Å². The van der Waals surface area contributed by atoms with Crippen LogP contribution in [0.1, 0.15) is 25.0 Å². The number of hydrogen-bond acceptors (Lipinski definition) is 3. The van der Waals surface area contributed by atoms with Gasteiger partial charge in [-0.3, -0.25) is 4.79 Å². The summed E-state index contributed by atoms with van der Waals surface area (Å²) in [6.45, 7) is 6.65. The number of carboxylic acids is 1. The van der Waals surface area contributed by atoms with Crippen LogP contribution in [0.4, 0.5) is 0 Å². The van der Waals surface area contributed by atoms with Crippen molar-refractivity contribution in [2.75, 3.05) is 13.7 Å². The van der Waals surface area contributed by atoms with Gasteiger partial charge in [0.2, 0.25) is 0 Å². The molecule has 0 heterocycles. The third-order valence-corrected chi connectivity index (χ3v) is 3.64. The van der Waals surface area contributed by atoms with E-state index in [9.17, 15) is 9.59 Å². The highest BCUT2D eigenvalue weighted by atomic mass is 16.5. The van der Waals surface area contributed by atoms with Gasteiger partial charge in [0, 0.05) is 7.05 Å². The van der Waals surface area contributed by atoms with Crippen molar-refractivity contribution in [2.45, 2.75) is 33.2 Å². The summed E-state index contributed by atoms with van der Waals surface area (Å²) in [5.74, 6) is -0.793. The lowest BCUT2D eigenvalue weighted by Gasteiger charge is -2.31. The van der Waals surface area contributed by atoms with E-state index in [-0.39, 0.29) is 12.5 Å². The second-order valence-corrected chi connectivity index (χ2v) is 5.30. The Hall–Kier alpha value is -2.04. The molecule has 1 amide bonds. The lowest BCUT2D eigenvalue weighted by molar-refractivity contribution is -0.156. The van der Waals surface area contributed by atoms with E-state index in [4.69, 9.17) is 9.84 Å². The second-order valence-electron chi connectivity index (χ2n) is 5.30. The van der Waals surface area contributed by atoms with Gasteiger partial charge in [-0.25, -0.2) is 4.79 Å². The number of carbonyl (C=O) groups is 2. The molecule has 0 unspecified atom stereocenters. The first-order valence-corrected chi connectivity index (χ1v) is 6.37. The van der Waals surface area contributed by atoms with Gasteiger partial charge in [-0.2, -0.15) is 0 Å². The molecule has 5 nitrogen and oxygen atoms in total. The van der Waals surface area contributed by atoms with Crippen LogP contribution < -0.4 is 4.74 Å². The molecule has 0 saturated carbocycles. The summed E-state index contributed by atoms with van der Waals surface area (Å²) >= 11 is 0. The standard InChI is InChI=1S/C15H21NO4/c1-10-7-6-8-12(11(10)2)20-9-13(17)16(5)15(3,4)14(18)19/h6-8H,9H2,1-5H3,(H,18,19). The number of carboxylic acid groups (broad SMARTS) is 1. The van der Waals surface area contributed by atoms with Crippen LogP contribution in [-0.4, -0.2) is 41.1 Å². The Kier molecular flexibility index (Phi) is 4.76. The molecule has 1 aromatic rings. The number of amides is 1. The molecule has 5 heteroatoms. The number of rotatable bonds is 5. The van der Waals surface area contributed by atoms with Gasteiger partial charge in [0.05, 0.1) is 0 Å². The first-order chi connectivity index (χ1) is 9.17. The summed E-state index contributed by atoms with van der Waals surface area (Å²) in [4.78, 5) is 24.3. The molecule has 0 spiro atoms. The molecule has 1 rings (SSSR count). The van der Waals surface area contributed by atoms with Gasteiger partial charge in [-0.1, -0.05) is 12.1 Å². The molecule has 0 aliphatic carbocycles. The fraction of sp³-hybridized carbons (Fsp3) is 0.467. The number of aryl methyl sites for hydroxylation is 1. The van der Waals surface area contributed by atoms with E-state index in [1.165, 1.54) is 25.8 Å². The zero-order valence-electron chi connectivity index (χ0n) is 12.6. The maximum absolute atomic E-state index is 12.0. The van der Waals surface area contributed by atoms with Crippen LogP contribution in [0, 0.1) is 13.8 Å². The van der Waals surface area contributed by atoms with Crippen LogP contribution in [0.15, 0.2) is 18.2 Å². The smallest absolute Gasteiger partial charge is 0.329 e. The Bertz CT molecular complexity index is 523. The van der Waals surface area contributed by atoms with Gasteiger partial charge in [0.25, 0.3) is 5.91 Å². The molecule has 0 saturated heterocycles. The van der Waals surface area contributed by atoms with Gasteiger partial charge in [0.1, 0.15) is 11.3 Å². The van der Waals surface area contributed by atoms with Gasteiger partial charge < -0.3 is 14.7 Å².